The molecule has 12 heteroatoms. The van der Waals surface area contributed by atoms with Gasteiger partial charge >= 0.3 is 6.03 Å². The van der Waals surface area contributed by atoms with Gasteiger partial charge in [0.2, 0.25) is 5.95 Å². The summed E-state index contributed by atoms with van der Waals surface area (Å²) in [4.78, 5) is 27.6. The van der Waals surface area contributed by atoms with Crippen molar-refractivity contribution in [3.8, 4) is 17.2 Å². The van der Waals surface area contributed by atoms with Crippen molar-refractivity contribution in [3.05, 3.63) is 78.4 Å². The van der Waals surface area contributed by atoms with Crippen molar-refractivity contribution >= 4 is 29.3 Å². The Morgan fingerprint density at radius 3 is 2.61 bits per heavy atom. The predicted molar refractivity (Wildman–Crippen MR) is 188 cm³/mol. The zero-order valence-electron chi connectivity index (χ0n) is 28.3. The number of nitrogens with zero attached hydrogens (tertiary/aromatic N) is 7. The van der Waals surface area contributed by atoms with Crippen molar-refractivity contribution in [3.63, 3.8) is 0 Å². The fourth-order valence-electron chi connectivity index (χ4n) is 6.55. The number of aryl methyl sites for hydroxylation is 1. The molecule has 3 atom stereocenters. The van der Waals surface area contributed by atoms with E-state index in [4.69, 9.17) is 9.72 Å². The first kappa shape index (κ1) is 33.7. The van der Waals surface area contributed by atoms with E-state index in [0.717, 1.165) is 74.0 Å². The summed E-state index contributed by atoms with van der Waals surface area (Å²) in [5.74, 6) is 2.18. The van der Waals surface area contributed by atoms with Gasteiger partial charge in [-0.3, -0.25) is 10.00 Å². The van der Waals surface area contributed by atoms with Crippen LogP contribution in [0.2, 0.25) is 0 Å². The molecule has 4 aromatic rings. The Kier molecular flexibility index (Phi) is 11.2. The molecule has 254 valence electrons. The average Bonchev–Trinajstić information content (AvgIpc) is 3.60. The minimum absolute atomic E-state index is 0.126. The molecule has 4 heterocycles. The van der Waals surface area contributed by atoms with Crippen molar-refractivity contribution in [1.29, 1.82) is 5.26 Å². The third-order valence-corrected chi connectivity index (χ3v) is 9.15. The van der Waals surface area contributed by atoms with E-state index in [1.807, 2.05) is 68.1 Å². The van der Waals surface area contributed by atoms with Crippen LogP contribution in [0.4, 0.5) is 22.4 Å². The number of amides is 2. The minimum atomic E-state index is -0.174. The summed E-state index contributed by atoms with van der Waals surface area (Å²) < 4.78 is 9.38. The summed E-state index contributed by atoms with van der Waals surface area (Å²) in [5, 5.41) is 23.6. The lowest BCUT2D eigenvalue weighted by Gasteiger charge is -2.23. The monoisotopic (exact) mass is 661 g/mol. The van der Waals surface area contributed by atoms with Crippen LogP contribution in [0.1, 0.15) is 63.0 Å². The number of nitrogens with one attached hydrogen (secondary N) is 3. The maximum absolute atomic E-state index is 13.9. The molecule has 3 aromatic heterocycles. The Labute approximate surface area is 287 Å². The molecule has 49 heavy (non-hydrogen) atoms. The predicted octanol–water partition coefficient (Wildman–Crippen LogP) is 6.06. The first-order chi connectivity index (χ1) is 24.0. The summed E-state index contributed by atoms with van der Waals surface area (Å²) >= 11 is 0. The zero-order chi connectivity index (χ0) is 34.0. The van der Waals surface area contributed by atoms with Crippen LogP contribution < -0.4 is 16.0 Å². The Morgan fingerprint density at radius 1 is 1.04 bits per heavy atom. The average molecular weight is 662 g/mol. The molecule has 12 nitrogen and oxygen atoms in total. The number of aromatic nitrogens is 5. The van der Waals surface area contributed by atoms with Gasteiger partial charge in [0.05, 0.1) is 30.8 Å². The van der Waals surface area contributed by atoms with E-state index in [0.29, 0.717) is 48.7 Å². The van der Waals surface area contributed by atoms with Crippen molar-refractivity contribution in [2.75, 3.05) is 30.3 Å². The fraction of sp³-hybridized carbons (Fsp3) is 0.432. The molecule has 0 bridgehead atoms. The minimum Gasteiger partial charge on any atom is -0.376 e. The van der Waals surface area contributed by atoms with E-state index >= 15 is 0 Å². The van der Waals surface area contributed by atoms with Crippen LogP contribution in [0.25, 0.3) is 11.1 Å². The molecule has 1 saturated heterocycles. The molecule has 2 amide bonds. The second-order valence-electron chi connectivity index (χ2n) is 12.7. The second-order valence-corrected chi connectivity index (χ2v) is 12.7. The first-order valence-corrected chi connectivity index (χ1v) is 17.3. The van der Waals surface area contributed by atoms with Gasteiger partial charge in [-0.2, -0.15) is 19.9 Å². The molecule has 6 rings (SSSR count). The first-order valence-electron chi connectivity index (χ1n) is 17.3. The Morgan fingerprint density at radius 2 is 1.90 bits per heavy atom. The highest BCUT2D eigenvalue weighted by Gasteiger charge is 2.50. The lowest BCUT2D eigenvalue weighted by molar-refractivity contribution is -0.337. The van der Waals surface area contributed by atoms with Gasteiger partial charge in [0.25, 0.3) is 5.82 Å². The Hall–Kier alpha value is -5.15. The van der Waals surface area contributed by atoms with Gasteiger partial charge in [-0.15, -0.1) is 4.98 Å². The third kappa shape index (κ3) is 8.66. The third-order valence-electron chi connectivity index (χ3n) is 9.15. The number of urea groups is 1. The Bertz CT molecular complexity index is 1770. The normalized spacial score (nSPS) is 19.5. The largest absolute Gasteiger partial charge is 0.441 e. The number of anilines is 2. The summed E-state index contributed by atoms with van der Waals surface area (Å²) in [6.45, 7) is 4.67. The molecule has 0 spiro atoms. The summed E-state index contributed by atoms with van der Waals surface area (Å²) in [6, 6.07) is 15.9. The molecule has 1 aliphatic carbocycles. The highest BCUT2D eigenvalue weighted by Crippen LogP contribution is 2.43. The van der Waals surface area contributed by atoms with Gasteiger partial charge in [0, 0.05) is 62.0 Å². The van der Waals surface area contributed by atoms with Crippen LogP contribution in [0.5, 0.6) is 0 Å². The van der Waals surface area contributed by atoms with E-state index in [1.165, 1.54) is 0 Å². The Balaban J connectivity index is 1.14. The van der Waals surface area contributed by atoms with Gasteiger partial charge in [0.1, 0.15) is 23.6 Å². The van der Waals surface area contributed by atoms with Gasteiger partial charge < -0.3 is 15.4 Å². The van der Waals surface area contributed by atoms with Crippen LogP contribution in [0, 0.1) is 23.2 Å². The SMILES string of the molecule is CCCC1/C(=[N+](/C(=O)NCc2ccccc2)c2ccc(-c3cnn(C)c3)cn2)C1CCCNc1ncc(C#N)c(NCC2CCCCO2)n1. The zero-order valence-corrected chi connectivity index (χ0v) is 28.3. The number of carbonyl (C=O) groups excluding carboxylic acids is 1. The van der Waals surface area contributed by atoms with Crippen molar-refractivity contribution < 1.29 is 14.1 Å². The smallest absolute Gasteiger partial charge is 0.376 e. The molecule has 3 unspecified atom stereocenters. The molecular weight excluding hydrogens is 616 g/mol. The van der Waals surface area contributed by atoms with Crippen molar-refractivity contribution in [2.45, 2.75) is 64.5 Å². The molecule has 3 N–H and O–H groups in total. The standard InChI is InChI=1S/C37H44N10O2/c1-3-10-31-32(14-9-17-39-36-42-22-28(19-38)35(45-36)41-24-30-13-7-8-18-49-30)34(31)47(37(48)43-20-26-11-5-4-6-12-26)33-16-15-27(21-40-33)29-23-44-46(2)25-29/h4-6,11-12,15-16,21-23,25,30-32H,3,7-10,13-14,17-18,20,24H2,1-2H3,(H2-,39,41,42,43,45,48)/p+1/b47-34-. The van der Waals surface area contributed by atoms with E-state index < -0.39 is 0 Å². The number of ether oxygens (including phenoxy) is 1. The van der Waals surface area contributed by atoms with E-state index in [9.17, 15) is 10.1 Å². The summed E-state index contributed by atoms with van der Waals surface area (Å²) in [7, 11) is 1.89. The molecule has 1 saturated carbocycles. The van der Waals surface area contributed by atoms with Crippen LogP contribution >= 0.6 is 0 Å². The quantitative estimate of drug-likeness (QED) is 0.108. The maximum atomic E-state index is 13.9. The van der Waals surface area contributed by atoms with E-state index in [1.54, 1.807) is 15.5 Å². The van der Waals surface area contributed by atoms with Crippen LogP contribution in [-0.2, 0) is 18.3 Å². The lowest BCUT2D eigenvalue weighted by atomic mass is 10.1. The highest BCUT2D eigenvalue weighted by molar-refractivity contribution is 6.03. The summed E-state index contributed by atoms with van der Waals surface area (Å²) in [6.07, 6.45) is 14.3. The van der Waals surface area contributed by atoms with Crippen molar-refractivity contribution in [1.82, 2.24) is 30.0 Å². The van der Waals surface area contributed by atoms with Crippen molar-refractivity contribution in [2.24, 2.45) is 18.9 Å². The molecule has 1 aliphatic heterocycles. The number of hydrogen-bond donors (Lipinski definition) is 3. The molecular formula is C37H45N10O2+. The second kappa shape index (κ2) is 16.3. The number of nitriles is 1. The number of hydrogen-bond acceptors (Lipinski definition) is 9. The van der Waals surface area contributed by atoms with Gasteiger partial charge in [-0.25, -0.2) is 9.78 Å². The fourth-order valence-corrected chi connectivity index (χ4v) is 6.55. The van der Waals surface area contributed by atoms with Gasteiger partial charge in [0.15, 0.2) is 0 Å². The molecule has 2 aliphatic rings. The number of carbonyl (C=O) groups is 1. The lowest BCUT2D eigenvalue weighted by Crippen LogP contribution is -2.32. The molecule has 2 fully saturated rings. The summed E-state index contributed by atoms with van der Waals surface area (Å²) in [5.41, 5.74) is 4.48. The van der Waals surface area contributed by atoms with Gasteiger partial charge in [-0.05, 0) is 50.2 Å². The number of pyridine rings is 1. The number of benzene rings is 1. The molecule has 1 aromatic carbocycles. The van der Waals surface area contributed by atoms with E-state index in [-0.39, 0.29) is 18.1 Å². The molecule has 0 radical (unpaired) electrons. The highest BCUT2D eigenvalue weighted by atomic mass is 16.5. The topological polar surface area (TPSA) is 146 Å². The van der Waals surface area contributed by atoms with Gasteiger partial charge in [-0.1, -0.05) is 43.7 Å². The maximum Gasteiger partial charge on any atom is 0.441 e. The number of rotatable bonds is 14. The van der Waals surface area contributed by atoms with Crippen LogP contribution in [-0.4, -0.2) is 66.9 Å². The van der Waals surface area contributed by atoms with Crippen LogP contribution in [0.3, 0.4) is 0 Å². The van der Waals surface area contributed by atoms with E-state index in [2.05, 4.69) is 44.0 Å². The van der Waals surface area contributed by atoms with Crippen LogP contribution in [0.15, 0.2) is 67.3 Å².